The van der Waals surface area contributed by atoms with Gasteiger partial charge in [-0.15, -0.1) is 0 Å². The standard InChI is InChI=1S/C24H23N5/c1-2-26-16-21-13-20(19-8-4-3-5-9-19)14-22(24(21)25)23-10-12-29(28-23)17-18-7-6-11-27-15-18/h3-16H,2,17,25H2,1H3. The Balaban J connectivity index is 1.75. The average molecular weight is 381 g/mol. The maximum Gasteiger partial charge on any atom is 0.0944 e. The summed E-state index contributed by atoms with van der Waals surface area (Å²) < 4.78 is 1.90. The number of hydrogen-bond acceptors (Lipinski definition) is 4. The van der Waals surface area contributed by atoms with Crippen LogP contribution in [0.5, 0.6) is 0 Å². The molecule has 144 valence electrons. The molecule has 0 amide bonds. The van der Waals surface area contributed by atoms with E-state index in [1.165, 1.54) is 0 Å². The van der Waals surface area contributed by atoms with Crippen molar-refractivity contribution in [1.29, 1.82) is 0 Å². The van der Waals surface area contributed by atoms with Gasteiger partial charge in [-0.05, 0) is 47.9 Å². The second-order valence-electron chi connectivity index (χ2n) is 6.78. The van der Waals surface area contributed by atoms with Gasteiger partial charge in [-0.25, -0.2) is 0 Å². The second-order valence-corrected chi connectivity index (χ2v) is 6.78. The molecule has 0 saturated carbocycles. The molecule has 2 aromatic carbocycles. The lowest BCUT2D eigenvalue weighted by Crippen LogP contribution is -2.02. The Labute approximate surface area is 170 Å². The molecule has 2 aromatic heterocycles. The van der Waals surface area contributed by atoms with Gasteiger partial charge in [-0.3, -0.25) is 14.7 Å². The van der Waals surface area contributed by atoms with Crippen molar-refractivity contribution >= 4 is 11.9 Å². The van der Waals surface area contributed by atoms with Crippen LogP contribution in [0.25, 0.3) is 22.4 Å². The smallest absolute Gasteiger partial charge is 0.0944 e. The van der Waals surface area contributed by atoms with Gasteiger partial charge in [0.2, 0.25) is 0 Å². The maximum absolute atomic E-state index is 6.51. The summed E-state index contributed by atoms with van der Waals surface area (Å²) in [7, 11) is 0. The largest absolute Gasteiger partial charge is 0.398 e. The van der Waals surface area contributed by atoms with E-state index >= 15 is 0 Å². The van der Waals surface area contributed by atoms with Crippen molar-refractivity contribution in [2.75, 3.05) is 12.3 Å². The second kappa shape index (κ2) is 8.52. The zero-order valence-corrected chi connectivity index (χ0v) is 16.4. The number of rotatable bonds is 6. The van der Waals surface area contributed by atoms with Crippen molar-refractivity contribution in [3.8, 4) is 22.4 Å². The van der Waals surface area contributed by atoms with Crippen molar-refractivity contribution < 1.29 is 0 Å². The minimum absolute atomic E-state index is 0.663. The van der Waals surface area contributed by atoms with E-state index in [2.05, 4.69) is 34.2 Å². The number of anilines is 1. The van der Waals surface area contributed by atoms with Crippen LogP contribution >= 0.6 is 0 Å². The third kappa shape index (κ3) is 4.24. The lowest BCUT2D eigenvalue weighted by atomic mass is 9.97. The van der Waals surface area contributed by atoms with Gasteiger partial charge in [0, 0.05) is 48.2 Å². The van der Waals surface area contributed by atoms with Gasteiger partial charge in [0.05, 0.1) is 12.2 Å². The van der Waals surface area contributed by atoms with Crippen molar-refractivity contribution in [2.24, 2.45) is 4.99 Å². The molecule has 0 unspecified atom stereocenters. The van der Waals surface area contributed by atoms with E-state index in [9.17, 15) is 0 Å². The van der Waals surface area contributed by atoms with E-state index in [4.69, 9.17) is 10.8 Å². The Kier molecular flexibility index (Phi) is 5.47. The summed E-state index contributed by atoms with van der Waals surface area (Å²) >= 11 is 0. The van der Waals surface area contributed by atoms with Crippen LogP contribution in [0.2, 0.25) is 0 Å². The van der Waals surface area contributed by atoms with Crippen LogP contribution in [0.1, 0.15) is 18.1 Å². The van der Waals surface area contributed by atoms with E-state index in [1.54, 1.807) is 6.20 Å². The highest BCUT2D eigenvalue weighted by Gasteiger charge is 2.13. The molecule has 0 spiro atoms. The van der Waals surface area contributed by atoms with E-state index < -0.39 is 0 Å². The van der Waals surface area contributed by atoms with Crippen LogP contribution in [0.3, 0.4) is 0 Å². The molecule has 29 heavy (non-hydrogen) atoms. The van der Waals surface area contributed by atoms with Gasteiger partial charge in [0.1, 0.15) is 0 Å². The van der Waals surface area contributed by atoms with Crippen LogP contribution in [-0.4, -0.2) is 27.5 Å². The average Bonchev–Trinajstić information content (AvgIpc) is 3.22. The highest BCUT2D eigenvalue weighted by Crippen LogP contribution is 2.33. The molecule has 0 bridgehead atoms. The van der Waals surface area contributed by atoms with Crippen molar-refractivity contribution in [1.82, 2.24) is 14.8 Å². The molecule has 0 saturated heterocycles. The predicted octanol–water partition coefficient (Wildman–Crippen LogP) is 4.68. The van der Waals surface area contributed by atoms with Gasteiger partial charge in [-0.1, -0.05) is 36.4 Å². The van der Waals surface area contributed by atoms with Crippen LogP contribution in [0.15, 0.2) is 84.2 Å². The normalized spacial score (nSPS) is 11.2. The molecule has 0 atom stereocenters. The zero-order chi connectivity index (χ0) is 20.1. The number of nitrogen functional groups attached to an aromatic ring is 1. The lowest BCUT2D eigenvalue weighted by molar-refractivity contribution is 0.687. The summed E-state index contributed by atoms with van der Waals surface area (Å²) in [5.41, 5.74) is 13.2. The third-order valence-electron chi connectivity index (χ3n) is 4.72. The summed E-state index contributed by atoms with van der Waals surface area (Å²) in [5, 5.41) is 4.76. The molecule has 0 radical (unpaired) electrons. The molecule has 0 aliphatic heterocycles. The van der Waals surface area contributed by atoms with E-state index in [1.807, 2.05) is 66.6 Å². The van der Waals surface area contributed by atoms with Crippen molar-refractivity contribution in [3.05, 3.63) is 90.4 Å². The Bertz CT molecular complexity index is 1110. The molecular formula is C24H23N5. The first-order chi connectivity index (χ1) is 14.2. The highest BCUT2D eigenvalue weighted by atomic mass is 15.3. The van der Waals surface area contributed by atoms with Gasteiger partial charge < -0.3 is 5.73 Å². The number of aromatic nitrogens is 3. The molecule has 2 N–H and O–H groups in total. The number of nitrogens with two attached hydrogens (primary N) is 1. The Morgan fingerprint density at radius 2 is 1.90 bits per heavy atom. The lowest BCUT2D eigenvalue weighted by Gasteiger charge is -2.11. The molecule has 0 aliphatic rings. The predicted molar refractivity (Wildman–Crippen MR) is 119 cm³/mol. The van der Waals surface area contributed by atoms with Crippen LogP contribution in [0.4, 0.5) is 5.69 Å². The zero-order valence-electron chi connectivity index (χ0n) is 16.4. The number of benzene rings is 2. The first-order valence-corrected chi connectivity index (χ1v) is 9.66. The van der Waals surface area contributed by atoms with Gasteiger partial charge in [0.25, 0.3) is 0 Å². The highest BCUT2D eigenvalue weighted by molar-refractivity contribution is 5.96. The Morgan fingerprint density at radius 3 is 2.66 bits per heavy atom. The maximum atomic E-state index is 6.51. The van der Waals surface area contributed by atoms with Crippen LogP contribution in [-0.2, 0) is 6.54 Å². The van der Waals surface area contributed by atoms with Gasteiger partial charge in [0.15, 0.2) is 0 Å². The minimum Gasteiger partial charge on any atom is -0.398 e. The quantitative estimate of drug-likeness (QED) is 0.389. The fourth-order valence-corrected chi connectivity index (χ4v) is 3.25. The van der Waals surface area contributed by atoms with Crippen LogP contribution in [0, 0.1) is 0 Å². The Hall–Kier alpha value is -3.73. The Morgan fingerprint density at radius 1 is 1.03 bits per heavy atom. The number of hydrogen-bond donors (Lipinski definition) is 1. The minimum atomic E-state index is 0.663. The molecule has 4 aromatic rings. The topological polar surface area (TPSA) is 69.1 Å². The number of nitrogens with zero attached hydrogens (tertiary/aromatic N) is 4. The number of pyridine rings is 1. The molecule has 0 aliphatic carbocycles. The van der Waals surface area contributed by atoms with Gasteiger partial charge >= 0.3 is 0 Å². The summed E-state index contributed by atoms with van der Waals surface area (Å²) in [6.45, 7) is 3.38. The van der Waals surface area contributed by atoms with Crippen LogP contribution < -0.4 is 5.73 Å². The summed E-state index contributed by atoms with van der Waals surface area (Å²) in [4.78, 5) is 8.57. The fraction of sp³-hybridized carbons (Fsp3) is 0.125. The van der Waals surface area contributed by atoms with E-state index in [0.717, 1.165) is 33.5 Å². The first kappa shape index (κ1) is 18.6. The third-order valence-corrected chi connectivity index (χ3v) is 4.72. The monoisotopic (exact) mass is 381 g/mol. The molecule has 0 fully saturated rings. The summed E-state index contributed by atoms with van der Waals surface area (Å²) in [6, 6.07) is 20.4. The summed E-state index contributed by atoms with van der Waals surface area (Å²) in [5.74, 6) is 0. The molecule has 5 nitrogen and oxygen atoms in total. The fourth-order valence-electron chi connectivity index (χ4n) is 3.25. The molecule has 2 heterocycles. The summed E-state index contributed by atoms with van der Waals surface area (Å²) in [6.07, 6.45) is 7.44. The van der Waals surface area contributed by atoms with Crippen molar-refractivity contribution in [3.63, 3.8) is 0 Å². The van der Waals surface area contributed by atoms with Crippen molar-refractivity contribution in [2.45, 2.75) is 13.5 Å². The first-order valence-electron chi connectivity index (χ1n) is 9.66. The van der Waals surface area contributed by atoms with Gasteiger partial charge in [-0.2, -0.15) is 5.10 Å². The number of aliphatic imine (C=N–C) groups is 1. The van der Waals surface area contributed by atoms with E-state index in [-0.39, 0.29) is 0 Å². The molecule has 4 rings (SSSR count). The van der Waals surface area contributed by atoms with E-state index in [0.29, 0.717) is 18.8 Å². The molecule has 5 heteroatoms. The molecular weight excluding hydrogens is 358 g/mol. The SMILES string of the molecule is CCN=Cc1cc(-c2ccccc2)cc(-c2ccn(Cc3cccnc3)n2)c1N.